The van der Waals surface area contributed by atoms with Gasteiger partial charge < -0.3 is 9.64 Å². The van der Waals surface area contributed by atoms with Crippen LogP contribution in [0.15, 0.2) is 60.7 Å². The van der Waals surface area contributed by atoms with Crippen LogP contribution < -0.4 is 14.5 Å². The lowest BCUT2D eigenvalue weighted by Gasteiger charge is -2.17. The van der Waals surface area contributed by atoms with Gasteiger partial charge in [0.2, 0.25) is 17.7 Å². The van der Waals surface area contributed by atoms with E-state index in [1.807, 2.05) is 43.3 Å². The first kappa shape index (κ1) is 21.1. The van der Waals surface area contributed by atoms with Crippen LogP contribution >= 0.6 is 0 Å². The molecule has 2 aromatic carbocycles. The van der Waals surface area contributed by atoms with Gasteiger partial charge in [-0.3, -0.25) is 19.2 Å². The van der Waals surface area contributed by atoms with Crippen LogP contribution in [0.4, 0.5) is 11.4 Å². The molecule has 0 saturated carbocycles. The van der Waals surface area contributed by atoms with Gasteiger partial charge in [-0.15, -0.1) is 0 Å². The van der Waals surface area contributed by atoms with E-state index in [2.05, 4.69) is 0 Å². The summed E-state index contributed by atoms with van der Waals surface area (Å²) in [5, 5.41) is 0. The summed E-state index contributed by atoms with van der Waals surface area (Å²) in [6, 6.07) is 14.0. The van der Waals surface area contributed by atoms with Gasteiger partial charge in [0.1, 0.15) is 5.75 Å². The molecule has 0 unspecified atom stereocenters. The van der Waals surface area contributed by atoms with Gasteiger partial charge in [-0.1, -0.05) is 30.4 Å². The second-order valence-electron chi connectivity index (χ2n) is 8.83. The van der Waals surface area contributed by atoms with Crippen LogP contribution in [-0.2, 0) is 19.2 Å². The summed E-state index contributed by atoms with van der Waals surface area (Å²) < 4.78 is 5.56. The molecule has 2 heterocycles. The summed E-state index contributed by atoms with van der Waals surface area (Å²) in [7, 11) is 0. The van der Waals surface area contributed by atoms with Crippen LogP contribution in [0.25, 0.3) is 0 Å². The van der Waals surface area contributed by atoms with Gasteiger partial charge in [-0.05, 0) is 49.6 Å². The molecule has 7 heteroatoms. The molecule has 33 heavy (non-hydrogen) atoms. The second kappa shape index (κ2) is 8.31. The molecule has 3 aliphatic rings. The van der Waals surface area contributed by atoms with Crippen LogP contribution in [0.1, 0.15) is 24.8 Å². The van der Waals surface area contributed by atoms with Gasteiger partial charge in [0, 0.05) is 24.7 Å². The molecule has 0 spiro atoms. The molecule has 2 saturated heterocycles. The number of ether oxygens (including phenoxy) is 1. The molecule has 2 aromatic rings. The number of carbonyl (C=O) groups excluding carboxylic acids is 4. The normalized spacial score (nSPS) is 24.4. The maximum absolute atomic E-state index is 12.8. The summed E-state index contributed by atoms with van der Waals surface area (Å²) in [5.41, 5.74) is 2.19. The molecular weight excluding hydrogens is 420 g/mol. The zero-order valence-electron chi connectivity index (χ0n) is 18.3. The average molecular weight is 444 g/mol. The highest BCUT2D eigenvalue weighted by Crippen LogP contribution is 2.38. The number of aryl methyl sites for hydroxylation is 1. The van der Waals surface area contributed by atoms with E-state index in [-0.39, 0.29) is 48.3 Å². The van der Waals surface area contributed by atoms with Crippen LogP contribution in [0.3, 0.4) is 0 Å². The number of carbonyl (C=O) groups is 4. The van der Waals surface area contributed by atoms with Crippen LogP contribution in [0, 0.1) is 24.7 Å². The Labute approximate surface area is 191 Å². The van der Waals surface area contributed by atoms with E-state index < -0.39 is 11.9 Å². The van der Waals surface area contributed by atoms with Crippen molar-refractivity contribution < 1.29 is 23.9 Å². The molecule has 0 radical (unpaired) electrons. The Balaban J connectivity index is 1.29. The predicted molar refractivity (Wildman–Crippen MR) is 122 cm³/mol. The lowest BCUT2D eigenvalue weighted by molar-refractivity contribution is -0.139. The van der Waals surface area contributed by atoms with Crippen LogP contribution in [0.5, 0.6) is 5.75 Å². The molecule has 2 aliphatic heterocycles. The van der Waals surface area contributed by atoms with E-state index >= 15 is 0 Å². The van der Waals surface area contributed by atoms with Crippen molar-refractivity contribution in [3.8, 4) is 5.75 Å². The van der Waals surface area contributed by atoms with Crippen molar-refractivity contribution in [1.82, 2.24) is 0 Å². The molecular formula is C26H24N2O5. The molecule has 7 nitrogen and oxygen atoms in total. The number of imide groups is 1. The number of rotatable bonds is 4. The summed E-state index contributed by atoms with van der Waals surface area (Å²) >= 11 is 0. The van der Waals surface area contributed by atoms with Crippen molar-refractivity contribution in [2.24, 2.45) is 17.8 Å². The quantitative estimate of drug-likeness (QED) is 0.312. The molecule has 168 valence electrons. The maximum Gasteiger partial charge on any atom is 0.316 e. The SMILES string of the molecule is Cc1cccc(N2C[C@@H](C(=O)Oc3cccc(N4C(=O)[C@H]5CC=CC[C@H]5C4=O)c3)CC2=O)c1. The topological polar surface area (TPSA) is 84.0 Å². The van der Waals surface area contributed by atoms with E-state index in [4.69, 9.17) is 4.74 Å². The van der Waals surface area contributed by atoms with Gasteiger partial charge in [-0.25, -0.2) is 4.90 Å². The van der Waals surface area contributed by atoms with E-state index in [0.717, 1.165) is 11.3 Å². The Morgan fingerprint density at radius 1 is 0.909 bits per heavy atom. The minimum absolute atomic E-state index is 0.0753. The zero-order chi connectivity index (χ0) is 23.1. The first-order valence-corrected chi connectivity index (χ1v) is 11.1. The highest BCUT2D eigenvalue weighted by molar-refractivity contribution is 6.22. The minimum atomic E-state index is -0.592. The smallest absolute Gasteiger partial charge is 0.316 e. The first-order valence-electron chi connectivity index (χ1n) is 11.1. The minimum Gasteiger partial charge on any atom is -0.426 e. The molecule has 0 aromatic heterocycles. The fourth-order valence-corrected chi connectivity index (χ4v) is 4.85. The Hall–Kier alpha value is -3.74. The Morgan fingerprint density at radius 3 is 2.27 bits per heavy atom. The number of esters is 1. The third-order valence-corrected chi connectivity index (χ3v) is 6.57. The summed E-state index contributed by atoms with van der Waals surface area (Å²) in [6.45, 7) is 2.20. The second-order valence-corrected chi connectivity index (χ2v) is 8.83. The van der Waals surface area contributed by atoms with Crippen molar-refractivity contribution in [3.05, 3.63) is 66.2 Å². The maximum atomic E-state index is 12.8. The Kier molecular flexibility index (Phi) is 5.32. The van der Waals surface area contributed by atoms with Crippen LogP contribution in [-0.4, -0.2) is 30.2 Å². The Morgan fingerprint density at radius 2 is 1.58 bits per heavy atom. The molecule has 2 fully saturated rings. The van der Waals surface area contributed by atoms with Crippen molar-refractivity contribution in [1.29, 1.82) is 0 Å². The van der Waals surface area contributed by atoms with Crippen molar-refractivity contribution in [2.45, 2.75) is 26.2 Å². The van der Waals surface area contributed by atoms with Gasteiger partial charge in [0.15, 0.2) is 0 Å². The number of hydrogen-bond acceptors (Lipinski definition) is 5. The average Bonchev–Trinajstić information content (AvgIpc) is 3.32. The number of amides is 3. The summed E-state index contributed by atoms with van der Waals surface area (Å²) in [5.74, 6) is -2.07. The molecule has 0 bridgehead atoms. The lowest BCUT2D eigenvalue weighted by atomic mass is 9.85. The lowest BCUT2D eigenvalue weighted by Crippen LogP contribution is -2.31. The number of benzene rings is 2. The molecule has 3 amide bonds. The predicted octanol–water partition coefficient (Wildman–Crippen LogP) is 3.41. The third-order valence-electron chi connectivity index (χ3n) is 6.57. The van der Waals surface area contributed by atoms with E-state index in [1.54, 1.807) is 23.1 Å². The van der Waals surface area contributed by atoms with Crippen molar-refractivity contribution in [2.75, 3.05) is 16.3 Å². The van der Waals surface area contributed by atoms with Gasteiger partial charge in [0.25, 0.3) is 0 Å². The number of fused-ring (bicyclic) bond motifs is 1. The molecule has 1 aliphatic carbocycles. The van der Waals surface area contributed by atoms with Gasteiger partial charge in [0.05, 0.1) is 23.4 Å². The zero-order valence-corrected chi connectivity index (χ0v) is 18.3. The van der Waals surface area contributed by atoms with Gasteiger partial charge >= 0.3 is 5.97 Å². The number of anilines is 2. The molecule has 3 atom stereocenters. The largest absolute Gasteiger partial charge is 0.426 e. The monoisotopic (exact) mass is 444 g/mol. The highest BCUT2D eigenvalue weighted by atomic mass is 16.5. The number of allylic oxidation sites excluding steroid dienone is 2. The standard InChI is InChI=1S/C26H24N2O5/c1-16-6-4-7-18(12-16)27-15-17(13-23(27)29)26(32)33-20-9-5-8-19(14-20)28-24(30)21-10-2-3-11-22(21)25(28)31/h2-9,12,14,17,21-22H,10-11,13,15H2,1H3/t17-,21-,22+/m0/s1. The van der Waals surface area contributed by atoms with E-state index in [0.29, 0.717) is 18.5 Å². The first-order chi connectivity index (χ1) is 15.9. The van der Waals surface area contributed by atoms with E-state index in [1.165, 1.54) is 11.0 Å². The summed E-state index contributed by atoms with van der Waals surface area (Å²) in [4.78, 5) is 53.8. The summed E-state index contributed by atoms with van der Waals surface area (Å²) in [6.07, 6.45) is 5.08. The fourth-order valence-electron chi connectivity index (χ4n) is 4.85. The van der Waals surface area contributed by atoms with Gasteiger partial charge in [-0.2, -0.15) is 0 Å². The van der Waals surface area contributed by atoms with E-state index in [9.17, 15) is 19.2 Å². The van der Waals surface area contributed by atoms with Crippen LogP contribution in [0.2, 0.25) is 0 Å². The number of nitrogens with zero attached hydrogens (tertiary/aromatic N) is 2. The number of hydrogen-bond donors (Lipinski definition) is 0. The molecule has 5 rings (SSSR count). The Bertz CT molecular complexity index is 1160. The third kappa shape index (κ3) is 3.84. The van der Waals surface area contributed by atoms with Crippen molar-refractivity contribution in [3.63, 3.8) is 0 Å². The van der Waals surface area contributed by atoms with Crippen molar-refractivity contribution >= 4 is 35.1 Å². The molecule has 0 N–H and O–H groups in total. The highest BCUT2D eigenvalue weighted by Gasteiger charge is 2.48. The fraction of sp³-hybridized carbons (Fsp3) is 0.308.